The molecule has 0 unspecified atom stereocenters. The molecule has 466 valence electrons. The number of nitrogens with two attached hydrogens (primary N) is 4. The van der Waals surface area contributed by atoms with Crippen LogP contribution in [0, 0.1) is 11.8 Å². The summed E-state index contributed by atoms with van der Waals surface area (Å²) in [5.74, 6) is -12.4. The predicted octanol–water partition coefficient (Wildman–Crippen LogP) is -3.74. The number of guanidine groups is 1. The summed E-state index contributed by atoms with van der Waals surface area (Å²) in [6.07, 6.45) is -0.458. The lowest BCUT2D eigenvalue weighted by Gasteiger charge is -2.27. The number of primary amides is 1. The zero-order valence-electron chi connectivity index (χ0n) is 47.9. The van der Waals surface area contributed by atoms with Crippen LogP contribution in [0.5, 0.6) is 0 Å². The lowest BCUT2D eigenvalue weighted by Crippen LogP contribution is -2.59. The van der Waals surface area contributed by atoms with Crippen LogP contribution in [0.2, 0.25) is 0 Å². The quantitative estimate of drug-likeness (QED) is 0.0149. The second-order valence-electron chi connectivity index (χ2n) is 21.0. The highest BCUT2D eigenvalue weighted by Gasteiger charge is 2.34. The van der Waals surface area contributed by atoms with Gasteiger partial charge < -0.3 is 91.1 Å². The Morgan fingerprint density at radius 1 is 0.541 bits per heavy atom. The van der Waals surface area contributed by atoms with Gasteiger partial charge in [-0.3, -0.25) is 57.7 Å². The van der Waals surface area contributed by atoms with Crippen molar-refractivity contribution < 1.29 is 72.9 Å². The summed E-state index contributed by atoms with van der Waals surface area (Å²) >= 11 is 0. The van der Waals surface area contributed by atoms with E-state index in [2.05, 4.69) is 57.8 Å². The molecule has 0 saturated carbocycles. The largest absolute Gasteiger partial charge is 0.481 e. The van der Waals surface area contributed by atoms with Crippen LogP contribution in [0.1, 0.15) is 90.2 Å². The first kappa shape index (κ1) is 70.1. The number of aromatic amines is 1. The van der Waals surface area contributed by atoms with Gasteiger partial charge in [-0.2, -0.15) is 0 Å². The smallest absolute Gasteiger partial charge is 0.326 e. The van der Waals surface area contributed by atoms with Crippen molar-refractivity contribution in [3.63, 3.8) is 0 Å². The average Bonchev–Trinajstić information content (AvgIpc) is 4.08. The Bertz CT molecular complexity index is 2820. The number of aliphatic carboxylic acids is 2. The molecule has 1 heterocycles. The number of amides is 10. The van der Waals surface area contributed by atoms with E-state index in [0.29, 0.717) is 22.0 Å². The molecule has 10 amide bonds. The van der Waals surface area contributed by atoms with E-state index < -0.39 is 165 Å². The van der Waals surface area contributed by atoms with Gasteiger partial charge in [0.15, 0.2) is 5.96 Å². The van der Waals surface area contributed by atoms with Gasteiger partial charge in [-0.05, 0) is 67.6 Å². The summed E-state index contributed by atoms with van der Waals surface area (Å²) in [6, 6.07) is 4.11. The number of aromatic nitrogens is 1. The van der Waals surface area contributed by atoms with Crippen molar-refractivity contribution in [3.8, 4) is 0 Å². The highest BCUT2D eigenvalue weighted by Crippen LogP contribution is 2.20. The summed E-state index contributed by atoms with van der Waals surface area (Å²) in [6.45, 7) is 4.70. The SMILES string of the molecule is CC(C)C[C@H](NC(=O)[C@H](CC(C)C)NC(=O)[C@H](CCCN=C(N)N)NC(=O)[C@H](Cc1c[nH]c2ccccc12)NC(=O)CNC(=O)[C@H](CCC(N)=O)NC(=O)CNC(=O)[C@H](CCC(=O)O)NC(=O)[C@H](Cc1ccccc1)NC(=O)[C@@H](N)CO)C(=O)O. The first-order valence-electron chi connectivity index (χ1n) is 27.6. The second kappa shape index (κ2) is 35.7. The molecule has 0 saturated heterocycles. The van der Waals surface area contributed by atoms with Crippen molar-refractivity contribution in [1.29, 1.82) is 0 Å². The van der Waals surface area contributed by atoms with Crippen LogP contribution in [-0.4, -0.2) is 172 Å². The van der Waals surface area contributed by atoms with Crippen molar-refractivity contribution in [1.82, 2.24) is 52.8 Å². The van der Waals surface area contributed by atoms with Crippen LogP contribution in [0.15, 0.2) is 65.8 Å². The van der Waals surface area contributed by atoms with Crippen LogP contribution in [0.25, 0.3) is 10.9 Å². The zero-order valence-corrected chi connectivity index (χ0v) is 47.9. The number of carboxylic acids is 2. The van der Waals surface area contributed by atoms with E-state index in [9.17, 15) is 72.9 Å². The number of aliphatic hydroxyl groups is 1. The van der Waals surface area contributed by atoms with Gasteiger partial charge >= 0.3 is 11.9 Å². The highest BCUT2D eigenvalue weighted by molar-refractivity contribution is 5.98. The Morgan fingerprint density at radius 3 is 1.56 bits per heavy atom. The minimum atomic E-state index is -1.60. The summed E-state index contributed by atoms with van der Waals surface area (Å²) in [7, 11) is 0. The van der Waals surface area contributed by atoms with Gasteiger partial charge in [0.25, 0.3) is 0 Å². The molecule has 30 heteroatoms. The number of aliphatic hydroxyl groups excluding tert-OH is 1. The van der Waals surface area contributed by atoms with Crippen molar-refractivity contribution in [2.75, 3.05) is 26.2 Å². The number of hydrogen-bond acceptors (Lipinski definition) is 15. The molecule has 21 N–H and O–H groups in total. The number of H-pyrrole nitrogens is 1. The summed E-state index contributed by atoms with van der Waals surface area (Å²) < 4.78 is 0. The van der Waals surface area contributed by atoms with Gasteiger partial charge in [-0.1, -0.05) is 76.2 Å². The molecule has 0 spiro atoms. The van der Waals surface area contributed by atoms with E-state index in [1.54, 1.807) is 88.5 Å². The van der Waals surface area contributed by atoms with Gasteiger partial charge in [0.05, 0.1) is 19.7 Å². The lowest BCUT2D eigenvalue weighted by atomic mass is 9.99. The van der Waals surface area contributed by atoms with Gasteiger partial charge in [-0.15, -0.1) is 0 Å². The molecule has 0 radical (unpaired) electrons. The number of nitrogens with zero attached hydrogens (tertiary/aromatic N) is 1. The third-order valence-electron chi connectivity index (χ3n) is 12.9. The Morgan fingerprint density at radius 2 is 1.01 bits per heavy atom. The fraction of sp³-hybridized carbons (Fsp3) is 0.509. The zero-order chi connectivity index (χ0) is 63.3. The van der Waals surface area contributed by atoms with Gasteiger partial charge in [-0.25, -0.2) is 4.79 Å². The summed E-state index contributed by atoms with van der Waals surface area (Å²) in [5.41, 5.74) is 23.8. The standard InChI is InChI=1S/C55H81N15O15/c1-29(2)21-39(51(81)70-42(54(84)85)22-30(3)4)69-50(80)36(15-10-20-60-55(58)59)66-53(83)41(24-32-25-61-35-14-9-8-13-33(32)35)65-45(74)27-62-48(78)37(16-18-43(57)72)64-44(73)26-63-49(79)38(17-19-46(75)76)67-52(82)40(68-47(77)34(56)28-71)23-31-11-6-5-7-12-31/h5-9,11-14,25,29-30,34,36-42,61,71H,10,15-24,26-28,56H2,1-4H3,(H2,57,72)(H,62,78)(H,63,79)(H,64,73)(H,65,74)(H,66,83)(H,67,82)(H,68,77)(H,69,80)(H,70,81)(H,75,76)(H,84,85)(H4,58,59,60)/t34-,36-,37-,38-,39-,40-,41-,42-/m0/s1. The van der Waals surface area contributed by atoms with Crippen molar-refractivity contribution in [2.45, 2.75) is 140 Å². The van der Waals surface area contributed by atoms with Gasteiger partial charge in [0.2, 0.25) is 59.1 Å². The van der Waals surface area contributed by atoms with Crippen LogP contribution in [0.4, 0.5) is 0 Å². The van der Waals surface area contributed by atoms with Crippen LogP contribution >= 0.6 is 0 Å². The summed E-state index contributed by atoms with van der Waals surface area (Å²) in [5, 5.41) is 51.5. The Hall–Kier alpha value is -9.19. The van der Waals surface area contributed by atoms with E-state index in [4.69, 9.17) is 22.9 Å². The molecular weight excluding hydrogens is 1110 g/mol. The third kappa shape index (κ3) is 25.9. The first-order chi connectivity index (χ1) is 40.2. The Balaban J connectivity index is 1.84. The maximum Gasteiger partial charge on any atom is 0.326 e. The molecule has 0 aliphatic rings. The molecule has 0 aliphatic carbocycles. The average molecular weight is 1190 g/mol. The third-order valence-corrected chi connectivity index (χ3v) is 12.9. The number of carbonyl (C=O) groups excluding carboxylic acids is 10. The number of carbonyl (C=O) groups is 12. The molecule has 8 atom stereocenters. The number of carboxylic acid groups (broad SMARTS) is 2. The van der Waals surface area contributed by atoms with Crippen LogP contribution in [0.3, 0.4) is 0 Å². The van der Waals surface area contributed by atoms with Crippen molar-refractivity contribution in [3.05, 3.63) is 71.9 Å². The summed E-state index contributed by atoms with van der Waals surface area (Å²) in [4.78, 5) is 165. The predicted molar refractivity (Wildman–Crippen MR) is 308 cm³/mol. The van der Waals surface area contributed by atoms with Crippen molar-refractivity contribution in [2.24, 2.45) is 39.8 Å². The number of rotatable bonds is 38. The highest BCUT2D eigenvalue weighted by atomic mass is 16.4. The molecule has 3 aromatic rings. The van der Waals surface area contributed by atoms with E-state index >= 15 is 0 Å². The van der Waals surface area contributed by atoms with E-state index in [-0.39, 0.29) is 62.9 Å². The molecule has 3 rings (SSSR count). The number of fused-ring (bicyclic) bond motifs is 1. The maximum absolute atomic E-state index is 14.5. The topological polar surface area (TPSA) is 506 Å². The lowest BCUT2D eigenvalue weighted by molar-refractivity contribution is -0.143. The number of aliphatic imine (C=N–C) groups is 1. The minimum Gasteiger partial charge on any atom is -0.481 e. The van der Waals surface area contributed by atoms with Gasteiger partial charge in [0, 0.05) is 49.3 Å². The molecule has 1 aromatic heterocycles. The molecule has 30 nitrogen and oxygen atoms in total. The maximum atomic E-state index is 14.5. The van der Waals surface area contributed by atoms with E-state index in [1.165, 1.54) is 0 Å². The number of benzene rings is 2. The molecule has 0 aliphatic heterocycles. The molecule has 0 bridgehead atoms. The number of para-hydroxylation sites is 1. The van der Waals surface area contributed by atoms with E-state index in [0.717, 1.165) is 0 Å². The fourth-order valence-electron chi connectivity index (χ4n) is 8.57. The van der Waals surface area contributed by atoms with E-state index in [1.807, 2.05) is 0 Å². The molecule has 2 aromatic carbocycles. The van der Waals surface area contributed by atoms with Crippen molar-refractivity contribution >= 4 is 87.9 Å². The second-order valence-corrected chi connectivity index (χ2v) is 21.0. The number of hydrogen-bond donors (Lipinski definition) is 17. The molecule has 85 heavy (non-hydrogen) atoms. The molecular formula is C55H81N15O15. The fourth-order valence-corrected chi connectivity index (χ4v) is 8.57. The van der Waals surface area contributed by atoms with Crippen LogP contribution < -0.4 is 70.8 Å². The van der Waals surface area contributed by atoms with Crippen LogP contribution in [-0.2, 0) is 70.4 Å². The Kier molecular flexibility index (Phi) is 29.5. The van der Waals surface area contributed by atoms with Gasteiger partial charge in [0.1, 0.15) is 48.3 Å². The normalized spacial score (nSPS) is 13.9. The Labute approximate surface area is 490 Å². The minimum absolute atomic E-state index is 0.0241. The first-order valence-corrected chi connectivity index (χ1v) is 27.6. The number of nitrogens with one attached hydrogen (secondary N) is 10. The molecule has 0 fully saturated rings. The monoisotopic (exact) mass is 1190 g/mol.